The van der Waals surface area contributed by atoms with Gasteiger partial charge in [0.05, 0.1) is 0 Å². The zero-order valence-corrected chi connectivity index (χ0v) is 51.2. The van der Waals surface area contributed by atoms with E-state index in [1.165, 1.54) is 0 Å². The fraction of sp³-hybridized carbons (Fsp3) is 0.460. The Labute approximate surface area is 522 Å². The number of guanidine groups is 2. The van der Waals surface area contributed by atoms with Crippen LogP contribution in [0.4, 0.5) is 0 Å². The van der Waals surface area contributed by atoms with Crippen LogP contribution in [0.25, 0.3) is 32.7 Å². The molecule has 8 atom stereocenters. The number of hydrogen-bond acceptors (Lipinski definition) is 12. The highest BCUT2D eigenvalue weighted by Gasteiger charge is 2.37. The number of aromatic nitrogens is 3. The molecule has 3 aromatic heterocycles. The lowest BCUT2D eigenvalue weighted by molar-refractivity contribution is -0.137. The Morgan fingerprint density at radius 3 is 0.944 bits per heavy atom. The van der Waals surface area contributed by atoms with Crippen molar-refractivity contribution in [2.45, 2.75) is 152 Å². The van der Waals surface area contributed by atoms with Crippen molar-refractivity contribution in [1.82, 2.24) is 57.5 Å². The lowest BCUT2D eigenvalue weighted by Gasteiger charge is -2.29. The Hall–Kier alpha value is -9.50. The Balaban J connectivity index is 1.35. The van der Waals surface area contributed by atoms with Crippen LogP contribution >= 0.6 is 0 Å². The van der Waals surface area contributed by atoms with Crippen LogP contribution in [0.2, 0.25) is 0 Å². The molecular formula is C63H89N19O8. The molecule has 3 aromatic carbocycles. The summed E-state index contributed by atoms with van der Waals surface area (Å²) in [6.07, 6.45) is 6.93. The second kappa shape index (κ2) is 33.7. The Bertz CT molecular complexity index is 3470. The molecule has 27 nitrogen and oxygen atoms in total. The van der Waals surface area contributed by atoms with Gasteiger partial charge in [-0.3, -0.25) is 48.3 Å². The van der Waals surface area contributed by atoms with Crippen molar-refractivity contribution in [3.05, 3.63) is 108 Å². The first-order chi connectivity index (χ1) is 43.3. The fourth-order valence-corrected chi connectivity index (χ4v) is 11.1. The number of nitrogens with two attached hydrogens (primary N) is 6. The molecule has 0 saturated carbocycles. The highest BCUT2D eigenvalue weighted by molar-refractivity contribution is 6.00. The van der Waals surface area contributed by atoms with Crippen LogP contribution in [0, 0.1) is 5.92 Å². The predicted molar refractivity (Wildman–Crippen MR) is 347 cm³/mol. The number of fused-ring (bicyclic) bond motifs is 3. The largest absolute Gasteiger partial charge is 0.370 e. The second-order valence-electron chi connectivity index (χ2n) is 23.3. The van der Waals surface area contributed by atoms with E-state index in [0.29, 0.717) is 42.4 Å². The highest BCUT2D eigenvalue weighted by atomic mass is 16.2. The SMILES string of the molecule is CC(C)C[C@@H]1NC(=O)[C@H](Cc2c[nH]c3ccccc23)NC(=O)[C@H](CCCN=C(N)N)NC(=O)[C@H](CCCCN)NC(=O)[C@H](CCCCN)NC(=O)[C@H](CCCN=C(N)N)NC(=O)[C@H](Cc2c[nH]c3ccccc23)NC(=O)[C@H](Cc2c[nH]c3ccccc23)NC1=O. The van der Waals surface area contributed by atoms with E-state index in [1.807, 2.05) is 86.6 Å². The summed E-state index contributed by atoms with van der Waals surface area (Å²) in [4.78, 5) is 138. The summed E-state index contributed by atoms with van der Waals surface area (Å²) in [6, 6.07) is 11.4. The number of para-hydroxylation sites is 3. The summed E-state index contributed by atoms with van der Waals surface area (Å²) in [5.74, 6) is -6.74. The normalized spacial score (nSPS) is 21.3. The van der Waals surface area contributed by atoms with Gasteiger partial charge >= 0.3 is 0 Å². The number of carbonyl (C=O) groups is 8. The van der Waals surface area contributed by atoms with Crippen molar-refractivity contribution in [3.8, 4) is 0 Å². The lowest BCUT2D eigenvalue weighted by Crippen LogP contribution is -2.62. The van der Waals surface area contributed by atoms with E-state index in [4.69, 9.17) is 34.4 Å². The van der Waals surface area contributed by atoms with Crippen molar-refractivity contribution in [2.24, 2.45) is 50.3 Å². The average Bonchev–Trinajstić information content (AvgIpc) is 1.78. The van der Waals surface area contributed by atoms with Crippen LogP contribution in [0.5, 0.6) is 0 Å². The Kier molecular flexibility index (Phi) is 25.5. The molecule has 27 heteroatoms. The zero-order valence-electron chi connectivity index (χ0n) is 51.2. The average molecular weight is 1240 g/mol. The minimum Gasteiger partial charge on any atom is -0.370 e. The van der Waals surface area contributed by atoms with Crippen LogP contribution in [-0.4, -0.2) is 149 Å². The summed E-state index contributed by atoms with van der Waals surface area (Å²) < 4.78 is 0. The first-order valence-corrected chi connectivity index (χ1v) is 30.9. The van der Waals surface area contributed by atoms with Crippen LogP contribution in [0.1, 0.15) is 101 Å². The summed E-state index contributed by atoms with van der Waals surface area (Å²) in [7, 11) is 0. The van der Waals surface area contributed by atoms with Gasteiger partial charge in [0, 0.05) is 83.7 Å². The maximum atomic E-state index is 15.4. The molecule has 0 radical (unpaired) electrons. The minimum atomic E-state index is -1.41. The number of aromatic amines is 3. The molecule has 90 heavy (non-hydrogen) atoms. The summed E-state index contributed by atoms with van der Waals surface area (Å²) in [5.41, 5.74) is 38.7. The van der Waals surface area contributed by atoms with Crippen LogP contribution < -0.4 is 76.9 Å². The molecule has 1 saturated heterocycles. The smallest absolute Gasteiger partial charge is 0.243 e. The van der Waals surface area contributed by atoms with E-state index in [0.717, 1.165) is 32.7 Å². The molecule has 1 aliphatic rings. The van der Waals surface area contributed by atoms with Crippen molar-refractivity contribution in [1.29, 1.82) is 0 Å². The van der Waals surface area contributed by atoms with Gasteiger partial charge in [-0.1, -0.05) is 68.4 Å². The Morgan fingerprint density at radius 2 is 0.644 bits per heavy atom. The number of rotatable bonds is 24. The number of nitrogens with one attached hydrogen (secondary N) is 11. The van der Waals surface area contributed by atoms with Gasteiger partial charge in [-0.25, -0.2) is 0 Å². The number of nitrogens with zero attached hydrogens (tertiary/aromatic N) is 2. The first kappa shape index (κ1) is 68.0. The standard InChI is InChI=1S/C63H89N19O8/c1-36(2)29-50-58(87)81-53(32-39-35-74-45-20-8-5-17-42(39)45)61(90)82-51(30-37-33-72-43-18-6-3-15-40(37)43)59(88)78-48(23-13-27-70-62(66)67)56(85)76-46(21-9-11-25-64)54(83)75-47(22-10-12-26-65)55(84)77-49(24-14-28-71-63(68)69)57(86)80-52(60(89)79-50)31-38-34-73-44-19-7-4-16-41(38)44/h3-8,15-20,33-36,46-53,72-74H,9-14,21-32,64-65H2,1-2H3,(H,75,83)(H,76,85)(H,77,84)(H,78,88)(H,79,89)(H,80,86)(H,81,87)(H,82,90)(H4,66,67,70)(H4,68,69,71)/t46-,47-,48-,49-,50-,51-,52-,53-/m0/s1. The number of unbranched alkanes of at least 4 members (excludes halogenated alkanes) is 2. The molecule has 23 N–H and O–H groups in total. The van der Waals surface area contributed by atoms with Gasteiger partial charge in [-0.15, -0.1) is 0 Å². The van der Waals surface area contributed by atoms with Crippen molar-refractivity contribution < 1.29 is 38.4 Å². The molecule has 0 aliphatic carbocycles. The summed E-state index contributed by atoms with van der Waals surface area (Å²) in [5, 5.41) is 25.3. The van der Waals surface area contributed by atoms with Crippen molar-refractivity contribution in [2.75, 3.05) is 26.2 Å². The quantitative estimate of drug-likeness (QED) is 0.0223. The third-order valence-electron chi connectivity index (χ3n) is 15.9. The van der Waals surface area contributed by atoms with Gasteiger partial charge in [0.25, 0.3) is 0 Å². The third kappa shape index (κ3) is 19.8. The van der Waals surface area contributed by atoms with Crippen LogP contribution in [0.3, 0.4) is 0 Å². The second-order valence-corrected chi connectivity index (χ2v) is 23.3. The number of hydrogen-bond donors (Lipinski definition) is 17. The third-order valence-corrected chi connectivity index (χ3v) is 15.9. The molecule has 0 bridgehead atoms. The highest BCUT2D eigenvalue weighted by Crippen LogP contribution is 2.24. The number of amides is 8. The minimum absolute atomic E-state index is 0.0474. The predicted octanol–water partition coefficient (Wildman–Crippen LogP) is 0.462. The van der Waals surface area contributed by atoms with Gasteiger partial charge in [0.15, 0.2) is 11.9 Å². The Morgan fingerprint density at radius 1 is 0.378 bits per heavy atom. The van der Waals surface area contributed by atoms with Crippen LogP contribution in [-0.2, 0) is 57.6 Å². The maximum Gasteiger partial charge on any atom is 0.243 e. The van der Waals surface area contributed by atoms with Crippen LogP contribution in [0.15, 0.2) is 101 Å². The van der Waals surface area contributed by atoms with E-state index >= 15 is 19.2 Å². The molecule has 0 spiro atoms. The zero-order chi connectivity index (χ0) is 64.7. The summed E-state index contributed by atoms with van der Waals surface area (Å²) >= 11 is 0. The first-order valence-electron chi connectivity index (χ1n) is 30.9. The lowest BCUT2D eigenvalue weighted by atomic mass is 9.98. The molecule has 6 aromatic rings. The van der Waals surface area contributed by atoms with Gasteiger partial charge < -0.3 is 91.9 Å². The molecule has 1 aliphatic heterocycles. The fourth-order valence-electron chi connectivity index (χ4n) is 11.1. The summed E-state index contributed by atoms with van der Waals surface area (Å²) in [6.45, 7) is 4.37. The van der Waals surface area contributed by atoms with Crippen molar-refractivity contribution in [3.63, 3.8) is 0 Å². The molecule has 484 valence electrons. The van der Waals surface area contributed by atoms with Gasteiger partial charge in [-0.2, -0.15) is 0 Å². The van der Waals surface area contributed by atoms with E-state index < -0.39 is 95.6 Å². The maximum absolute atomic E-state index is 15.4. The monoisotopic (exact) mass is 1240 g/mol. The van der Waals surface area contributed by atoms with Gasteiger partial charge in [0.1, 0.15) is 48.3 Å². The molecule has 8 amide bonds. The molecule has 7 rings (SSSR count). The van der Waals surface area contributed by atoms with Gasteiger partial charge in [0.2, 0.25) is 47.3 Å². The number of H-pyrrole nitrogens is 3. The topological polar surface area (TPSA) is 461 Å². The number of aliphatic imine (C=N–C) groups is 2. The van der Waals surface area contributed by atoms with E-state index in [1.54, 1.807) is 18.6 Å². The van der Waals surface area contributed by atoms with E-state index in [2.05, 4.69) is 67.5 Å². The van der Waals surface area contributed by atoms with E-state index in [-0.39, 0.29) is 108 Å². The number of benzene rings is 3. The van der Waals surface area contributed by atoms with Gasteiger partial charge in [-0.05, 0) is 125 Å². The molecule has 0 unspecified atom stereocenters. The molecule has 4 heterocycles. The van der Waals surface area contributed by atoms with E-state index in [9.17, 15) is 19.2 Å². The van der Waals surface area contributed by atoms with Crippen molar-refractivity contribution >= 4 is 91.9 Å². The molecule has 1 fully saturated rings. The number of carbonyl (C=O) groups excluding carboxylic acids is 8. The molecular weight excluding hydrogens is 1150 g/mol.